The van der Waals surface area contributed by atoms with Crippen LogP contribution in [0.5, 0.6) is 17.2 Å². The lowest BCUT2D eigenvalue weighted by Crippen LogP contribution is -2.26. The highest BCUT2D eigenvalue weighted by molar-refractivity contribution is 6.31. The van der Waals surface area contributed by atoms with Gasteiger partial charge in [0, 0.05) is 24.4 Å². The van der Waals surface area contributed by atoms with Crippen LogP contribution in [0.4, 0.5) is 0 Å². The molecule has 0 aliphatic heterocycles. The molecule has 6 nitrogen and oxygen atoms in total. The maximum atomic E-state index is 12.4. The van der Waals surface area contributed by atoms with E-state index in [1.165, 1.54) is 7.11 Å². The van der Waals surface area contributed by atoms with E-state index in [0.29, 0.717) is 40.8 Å². The molecule has 0 spiro atoms. The van der Waals surface area contributed by atoms with Gasteiger partial charge in [-0.2, -0.15) is 0 Å². The van der Waals surface area contributed by atoms with Crippen molar-refractivity contribution < 1.29 is 23.8 Å². The maximum absolute atomic E-state index is 12.4. The molecule has 0 heterocycles. The molecule has 1 amide bonds. The Balaban J connectivity index is 1.82. The fourth-order valence-corrected chi connectivity index (χ4v) is 2.90. The van der Waals surface area contributed by atoms with Crippen LogP contribution >= 0.6 is 11.6 Å². The quantitative estimate of drug-likeness (QED) is 0.610. The number of halogens is 1. The number of rotatable bonds is 10. The van der Waals surface area contributed by atoms with E-state index in [-0.39, 0.29) is 24.5 Å². The van der Waals surface area contributed by atoms with Crippen LogP contribution in [0.1, 0.15) is 28.8 Å². The molecule has 0 radical (unpaired) electrons. The number of ketones is 1. The second-order valence-electron chi connectivity index (χ2n) is 6.06. The molecular weight excluding hydrogens is 382 g/mol. The zero-order chi connectivity index (χ0) is 20.5. The summed E-state index contributed by atoms with van der Waals surface area (Å²) in [7, 11) is 4.65. The predicted molar refractivity (Wildman–Crippen MR) is 108 cm³/mol. The molecule has 0 aliphatic rings. The molecule has 150 valence electrons. The molecule has 2 aromatic carbocycles. The number of ether oxygens (including phenoxy) is 3. The van der Waals surface area contributed by atoms with E-state index >= 15 is 0 Å². The molecule has 0 aliphatic carbocycles. The average Bonchev–Trinajstić information content (AvgIpc) is 2.71. The fourth-order valence-electron chi connectivity index (χ4n) is 2.73. The first-order valence-electron chi connectivity index (χ1n) is 8.82. The summed E-state index contributed by atoms with van der Waals surface area (Å²) in [4.78, 5) is 24.4. The zero-order valence-corrected chi connectivity index (χ0v) is 17.0. The van der Waals surface area contributed by atoms with Gasteiger partial charge in [-0.25, -0.2) is 0 Å². The molecule has 0 bridgehead atoms. The number of carbonyl (C=O) groups is 2. The van der Waals surface area contributed by atoms with Gasteiger partial charge in [0.25, 0.3) is 0 Å². The van der Waals surface area contributed by atoms with Crippen molar-refractivity contribution in [2.24, 2.45) is 0 Å². The van der Waals surface area contributed by atoms with Gasteiger partial charge in [-0.3, -0.25) is 9.59 Å². The lowest BCUT2D eigenvalue weighted by molar-refractivity contribution is -0.121. The number of nitrogens with one attached hydrogen (secondary N) is 1. The summed E-state index contributed by atoms with van der Waals surface area (Å²) in [5.41, 5.74) is 1.39. The summed E-state index contributed by atoms with van der Waals surface area (Å²) in [6, 6.07) is 10.5. The van der Waals surface area contributed by atoms with Crippen molar-refractivity contribution in [3.05, 3.63) is 52.5 Å². The standard InChI is InChI=1S/C21H24ClNO5/c1-26-18-8-5-15(22)13-16(18)17(24)6-9-21(25)23-11-10-14-4-7-19(27-2)20(12-14)28-3/h4-5,7-8,12-13H,6,9-11H2,1-3H3,(H,23,25). The highest BCUT2D eigenvalue weighted by Crippen LogP contribution is 2.27. The minimum absolute atomic E-state index is 0.0822. The van der Waals surface area contributed by atoms with Crippen molar-refractivity contribution in [3.8, 4) is 17.2 Å². The van der Waals surface area contributed by atoms with Crippen LogP contribution in [0.25, 0.3) is 0 Å². The monoisotopic (exact) mass is 405 g/mol. The lowest BCUT2D eigenvalue weighted by Gasteiger charge is -2.10. The Morgan fingerprint density at radius 1 is 0.893 bits per heavy atom. The second-order valence-corrected chi connectivity index (χ2v) is 6.49. The second kappa shape index (κ2) is 10.6. The van der Waals surface area contributed by atoms with Gasteiger partial charge in [0.15, 0.2) is 17.3 Å². The molecule has 28 heavy (non-hydrogen) atoms. The van der Waals surface area contributed by atoms with Gasteiger partial charge >= 0.3 is 0 Å². The summed E-state index contributed by atoms with van der Waals surface area (Å²) in [5, 5.41) is 3.27. The number of benzene rings is 2. The van der Waals surface area contributed by atoms with Crippen LogP contribution in [0.15, 0.2) is 36.4 Å². The molecule has 0 atom stereocenters. The van der Waals surface area contributed by atoms with Gasteiger partial charge < -0.3 is 19.5 Å². The van der Waals surface area contributed by atoms with E-state index in [1.807, 2.05) is 18.2 Å². The van der Waals surface area contributed by atoms with Crippen molar-refractivity contribution in [1.29, 1.82) is 0 Å². The minimum Gasteiger partial charge on any atom is -0.496 e. The van der Waals surface area contributed by atoms with E-state index < -0.39 is 0 Å². The Morgan fingerprint density at radius 3 is 2.25 bits per heavy atom. The Hall–Kier alpha value is -2.73. The molecule has 1 N–H and O–H groups in total. The molecule has 0 unspecified atom stereocenters. The number of Topliss-reactive ketones (excluding diaryl/α,β-unsaturated/α-hetero) is 1. The summed E-state index contributed by atoms with van der Waals surface area (Å²) < 4.78 is 15.7. The lowest BCUT2D eigenvalue weighted by atomic mass is 10.1. The van der Waals surface area contributed by atoms with Crippen LogP contribution in [0.3, 0.4) is 0 Å². The van der Waals surface area contributed by atoms with Crippen molar-refractivity contribution in [2.45, 2.75) is 19.3 Å². The molecule has 2 rings (SSSR count). The summed E-state index contributed by atoms with van der Waals surface area (Å²) >= 11 is 5.94. The van der Waals surface area contributed by atoms with Crippen molar-refractivity contribution >= 4 is 23.3 Å². The topological polar surface area (TPSA) is 73.9 Å². The molecule has 0 aromatic heterocycles. The normalized spacial score (nSPS) is 10.3. The van der Waals surface area contributed by atoms with Crippen molar-refractivity contribution in [2.75, 3.05) is 27.9 Å². The first-order valence-corrected chi connectivity index (χ1v) is 9.20. The first kappa shape index (κ1) is 21.6. The fraction of sp³-hybridized carbons (Fsp3) is 0.333. The van der Waals surface area contributed by atoms with E-state index in [0.717, 1.165) is 5.56 Å². The third-order valence-electron chi connectivity index (χ3n) is 4.22. The van der Waals surface area contributed by atoms with Crippen LogP contribution in [0.2, 0.25) is 5.02 Å². The highest BCUT2D eigenvalue weighted by atomic mass is 35.5. The molecule has 7 heteroatoms. The van der Waals surface area contributed by atoms with Crippen LogP contribution in [-0.4, -0.2) is 39.6 Å². The summed E-state index contributed by atoms with van der Waals surface area (Å²) in [6.07, 6.45) is 0.821. The zero-order valence-electron chi connectivity index (χ0n) is 16.2. The number of hydrogen-bond acceptors (Lipinski definition) is 5. The smallest absolute Gasteiger partial charge is 0.220 e. The van der Waals surface area contributed by atoms with E-state index in [9.17, 15) is 9.59 Å². The number of methoxy groups -OCH3 is 3. The number of amides is 1. The van der Waals surface area contributed by atoms with E-state index in [2.05, 4.69) is 5.32 Å². The van der Waals surface area contributed by atoms with Crippen LogP contribution < -0.4 is 19.5 Å². The van der Waals surface area contributed by atoms with Gasteiger partial charge in [0.05, 0.1) is 26.9 Å². The SMILES string of the molecule is COc1ccc(CCNC(=O)CCC(=O)c2cc(Cl)ccc2OC)cc1OC. The molecule has 2 aromatic rings. The average molecular weight is 406 g/mol. The Labute approximate surface area is 169 Å². The summed E-state index contributed by atoms with van der Waals surface area (Å²) in [5.74, 6) is 1.38. The van der Waals surface area contributed by atoms with Gasteiger partial charge in [-0.05, 0) is 42.3 Å². The van der Waals surface area contributed by atoms with E-state index in [4.69, 9.17) is 25.8 Å². The third-order valence-corrected chi connectivity index (χ3v) is 4.46. The Morgan fingerprint density at radius 2 is 1.57 bits per heavy atom. The van der Waals surface area contributed by atoms with Crippen molar-refractivity contribution in [1.82, 2.24) is 5.32 Å². The molecule has 0 fully saturated rings. The van der Waals surface area contributed by atoms with Crippen LogP contribution in [0, 0.1) is 0 Å². The maximum Gasteiger partial charge on any atom is 0.220 e. The third kappa shape index (κ3) is 5.89. The minimum atomic E-state index is -0.186. The van der Waals surface area contributed by atoms with E-state index in [1.54, 1.807) is 32.4 Å². The van der Waals surface area contributed by atoms with Crippen LogP contribution in [-0.2, 0) is 11.2 Å². The first-order chi connectivity index (χ1) is 13.5. The molecule has 0 saturated carbocycles. The molecule has 0 saturated heterocycles. The van der Waals surface area contributed by atoms with Gasteiger partial charge in [-0.1, -0.05) is 17.7 Å². The predicted octanol–water partition coefficient (Wildman–Crippen LogP) is 3.69. The van der Waals surface area contributed by atoms with Gasteiger partial charge in [0.2, 0.25) is 5.91 Å². The molecular formula is C21H24ClNO5. The number of hydrogen-bond donors (Lipinski definition) is 1. The van der Waals surface area contributed by atoms with Gasteiger partial charge in [0.1, 0.15) is 5.75 Å². The Kier molecular flexibility index (Phi) is 8.14. The number of carbonyl (C=O) groups excluding carboxylic acids is 2. The Bertz CT molecular complexity index is 838. The summed E-state index contributed by atoms with van der Waals surface area (Å²) in [6.45, 7) is 0.461. The van der Waals surface area contributed by atoms with Gasteiger partial charge in [-0.15, -0.1) is 0 Å². The van der Waals surface area contributed by atoms with Crippen molar-refractivity contribution in [3.63, 3.8) is 0 Å². The largest absolute Gasteiger partial charge is 0.496 e. The highest BCUT2D eigenvalue weighted by Gasteiger charge is 2.14.